The molecule has 1 aliphatic heterocycles. The average molecular weight is 498 g/mol. The molecule has 0 aliphatic carbocycles. The van der Waals surface area contributed by atoms with Crippen molar-refractivity contribution >= 4 is 55.2 Å². The predicted octanol–water partition coefficient (Wildman–Crippen LogP) is 5.47. The maximum absolute atomic E-state index is 13.0. The van der Waals surface area contributed by atoms with Crippen LogP contribution < -0.4 is 4.90 Å². The molecule has 0 atom stereocenters. The van der Waals surface area contributed by atoms with E-state index in [4.69, 9.17) is 23.2 Å². The van der Waals surface area contributed by atoms with Gasteiger partial charge in [-0.05, 0) is 37.1 Å². The number of non-ortho nitro benzene ring substituents is 1. The highest BCUT2D eigenvalue weighted by Gasteiger charge is 2.33. The second-order valence-electron chi connectivity index (χ2n) is 7.16. The quantitative estimate of drug-likeness (QED) is 0.342. The van der Waals surface area contributed by atoms with Gasteiger partial charge in [0.2, 0.25) is 0 Å². The largest absolute Gasteiger partial charge is 0.348 e. The molecule has 2 aromatic carbocycles. The Kier molecular flexibility index (Phi) is 6.20. The molecule has 0 saturated carbocycles. The van der Waals surface area contributed by atoms with Crippen LogP contribution in [0, 0.1) is 10.1 Å². The van der Waals surface area contributed by atoms with Crippen LogP contribution in [0.15, 0.2) is 52.7 Å². The zero-order chi connectivity index (χ0) is 22.2. The van der Waals surface area contributed by atoms with Gasteiger partial charge in [-0.3, -0.25) is 10.1 Å². The van der Waals surface area contributed by atoms with Gasteiger partial charge in [0, 0.05) is 46.2 Å². The van der Waals surface area contributed by atoms with Crippen molar-refractivity contribution in [2.75, 3.05) is 18.0 Å². The highest BCUT2D eigenvalue weighted by atomic mass is 35.5. The minimum absolute atomic E-state index is 0.00507. The molecule has 1 fully saturated rings. The lowest BCUT2D eigenvalue weighted by Crippen LogP contribution is -2.39. The number of hydrogen-bond acceptors (Lipinski definition) is 7. The number of sulfone groups is 1. The first-order valence-electron chi connectivity index (χ1n) is 9.39. The first-order valence-corrected chi connectivity index (χ1v) is 12.6. The van der Waals surface area contributed by atoms with Crippen molar-refractivity contribution in [2.24, 2.45) is 0 Å². The number of benzene rings is 2. The van der Waals surface area contributed by atoms with Crippen molar-refractivity contribution in [3.05, 3.63) is 68.0 Å². The number of nitrogens with zero attached hydrogens (tertiary/aromatic N) is 3. The highest BCUT2D eigenvalue weighted by molar-refractivity contribution is 7.92. The molecule has 0 unspecified atom stereocenters. The molecule has 2 heterocycles. The van der Waals surface area contributed by atoms with Crippen LogP contribution in [0.3, 0.4) is 0 Å². The van der Waals surface area contributed by atoms with Crippen molar-refractivity contribution in [2.45, 2.75) is 23.0 Å². The van der Waals surface area contributed by atoms with E-state index in [1.165, 1.54) is 29.5 Å². The molecule has 1 aliphatic rings. The third kappa shape index (κ3) is 4.69. The summed E-state index contributed by atoms with van der Waals surface area (Å²) in [7, 11) is -3.65. The lowest BCUT2D eigenvalue weighted by atomic mass is 10.1. The minimum atomic E-state index is -3.65. The summed E-state index contributed by atoms with van der Waals surface area (Å²) in [5.41, 5.74) is 1.36. The van der Waals surface area contributed by atoms with E-state index >= 15 is 0 Å². The SMILES string of the molecule is O=[N+]([O-])c1cccc(S(=O)(=O)C2CCN(c3nc(-c4cc(Cl)cc(Cl)c4)cs3)CC2)c1. The van der Waals surface area contributed by atoms with E-state index < -0.39 is 20.0 Å². The topological polar surface area (TPSA) is 93.4 Å². The molecule has 7 nitrogen and oxygen atoms in total. The molecule has 4 rings (SSSR count). The first kappa shape index (κ1) is 22.0. The van der Waals surface area contributed by atoms with Gasteiger partial charge in [-0.1, -0.05) is 29.3 Å². The van der Waals surface area contributed by atoms with E-state index in [1.807, 2.05) is 5.38 Å². The van der Waals surface area contributed by atoms with Crippen LogP contribution in [0.25, 0.3) is 11.3 Å². The molecule has 0 N–H and O–H groups in total. The summed E-state index contributed by atoms with van der Waals surface area (Å²) in [4.78, 5) is 17.1. The fourth-order valence-electron chi connectivity index (χ4n) is 3.57. The fraction of sp³-hybridized carbons (Fsp3) is 0.250. The van der Waals surface area contributed by atoms with Crippen molar-refractivity contribution in [1.82, 2.24) is 4.98 Å². The van der Waals surface area contributed by atoms with E-state index in [1.54, 1.807) is 18.2 Å². The standard InChI is InChI=1S/C20H17Cl2N3O4S2/c21-14-8-13(9-15(22)10-14)19-12-30-20(23-19)24-6-4-17(5-7-24)31(28,29)18-3-1-2-16(11-18)25(26)27/h1-3,8-12,17H,4-7H2. The molecule has 162 valence electrons. The zero-order valence-electron chi connectivity index (χ0n) is 16.1. The molecule has 0 bridgehead atoms. The molecular weight excluding hydrogens is 481 g/mol. The number of halogens is 2. The van der Waals surface area contributed by atoms with E-state index in [-0.39, 0.29) is 10.6 Å². The molecular formula is C20H17Cl2N3O4S2. The van der Waals surface area contributed by atoms with Gasteiger partial charge >= 0.3 is 0 Å². The van der Waals surface area contributed by atoms with Crippen molar-refractivity contribution in [3.8, 4) is 11.3 Å². The van der Waals surface area contributed by atoms with Crippen LogP contribution >= 0.6 is 34.5 Å². The van der Waals surface area contributed by atoms with E-state index in [0.29, 0.717) is 36.0 Å². The van der Waals surface area contributed by atoms with E-state index in [0.717, 1.165) is 22.5 Å². The number of piperidine rings is 1. The van der Waals surface area contributed by atoms with Crippen LogP contribution in [-0.4, -0.2) is 36.7 Å². The molecule has 0 amide bonds. The Labute approximate surface area is 193 Å². The van der Waals surface area contributed by atoms with Gasteiger partial charge in [-0.2, -0.15) is 0 Å². The lowest BCUT2D eigenvalue weighted by molar-refractivity contribution is -0.385. The zero-order valence-corrected chi connectivity index (χ0v) is 19.2. The summed E-state index contributed by atoms with van der Waals surface area (Å²) in [6.07, 6.45) is 0.839. The number of aromatic nitrogens is 1. The minimum Gasteiger partial charge on any atom is -0.348 e. The normalized spacial score (nSPS) is 15.2. The van der Waals surface area contributed by atoms with Gasteiger partial charge in [0.1, 0.15) is 0 Å². The maximum Gasteiger partial charge on any atom is 0.270 e. The Morgan fingerprint density at radius 2 is 1.77 bits per heavy atom. The molecule has 3 aromatic rings. The van der Waals surface area contributed by atoms with Gasteiger partial charge in [-0.15, -0.1) is 11.3 Å². The molecule has 1 saturated heterocycles. The van der Waals surface area contributed by atoms with Crippen molar-refractivity contribution in [3.63, 3.8) is 0 Å². The smallest absolute Gasteiger partial charge is 0.270 e. The van der Waals surface area contributed by atoms with Crippen LogP contribution in [0.1, 0.15) is 12.8 Å². The van der Waals surface area contributed by atoms with Gasteiger partial charge in [0.15, 0.2) is 15.0 Å². The second-order valence-corrected chi connectivity index (χ2v) is 11.1. The summed E-state index contributed by atoms with van der Waals surface area (Å²) in [5, 5.41) is 14.2. The number of rotatable bonds is 5. The Balaban J connectivity index is 1.47. The summed E-state index contributed by atoms with van der Waals surface area (Å²) in [6, 6.07) is 10.5. The lowest BCUT2D eigenvalue weighted by Gasteiger charge is -2.31. The van der Waals surface area contributed by atoms with Crippen LogP contribution in [-0.2, 0) is 9.84 Å². The Morgan fingerprint density at radius 3 is 2.42 bits per heavy atom. The summed E-state index contributed by atoms with van der Waals surface area (Å²) >= 11 is 13.6. The Hall–Kier alpha value is -2.20. The van der Waals surface area contributed by atoms with Crippen LogP contribution in [0.4, 0.5) is 10.8 Å². The van der Waals surface area contributed by atoms with Crippen LogP contribution in [0.2, 0.25) is 10.0 Å². The number of nitro benzene ring substituents is 1. The Bertz CT molecular complexity index is 1220. The Morgan fingerprint density at radius 1 is 1.10 bits per heavy atom. The van der Waals surface area contributed by atoms with Gasteiger partial charge < -0.3 is 4.90 Å². The summed E-state index contributed by atoms with van der Waals surface area (Å²) < 4.78 is 26.0. The van der Waals surface area contributed by atoms with Gasteiger partial charge in [0.25, 0.3) is 5.69 Å². The fourth-order valence-corrected chi connectivity index (χ4v) is 6.75. The second kappa shape index (κ2) is 8.74. The average Bonchev–Trinajstić information content (AvgIpc) is 3.24. The van der Waals surface area contributed by atoms with E-state index in [2.05, 4.69) is 9.88 Å². The number of nitro groups is 1. The first-order chi connectivity index (χ1) is 14.7. The summed E-state index contributed by atoms with van der Waals surface area (Å²) in [6.45, 7) is 1.06. The molecule has 11 heteroatoms. The monoisotopic (exact) mass is 497 g/mol. The number of anilines is 1. The van der Waals surface area contributed by atoms with Gasteiger partial charge in [-0.25, -0.2) is 13.4 Å². The van der Waals surface area contributed by atoms with Gasteiger partial charge in [0.05, 0.1) is 20.8 Å². The number of thiazole rings is 1. The van der Waals surface area contributed by atoms with E-state index in [9.17, 15) is 18.5 Å². The summed E-state index contributed by atoms with van der Waals surface area (Å²) in [5.74, 6) is 0. The van der Waals surface area contributed by atoms with Crippen molar-refractivity contribution in [1.29, 1.82) is 0 Å². The third-order valence-electron chi connectivity index (χ3n) is 5.16. The molecule has 31 heavy (non-hydrogen) atoms. The molecule has 1 aromatic heterocycles. The highest BCUT2D eigenvalue weighted by Crippen LogP contribution is 2.34. The number of hydrogen-bond donors (Lipinski definition) is 0. The third-order valence-corrected chi connectivity index (χ3v) is 8.76. The maximum atomic E-state index is 13.0. The predicted molar refractivity (Wildman–Crippen MR) is 123 cm³/mol. The van der Waals surface area contributed by atoms with Crippen molar-refractivity contribution < 1.29 is 13.3 Å². The molecule has 0 spiro atoms. The van der Waals surface area contributed by atoms with Crippen LogP contribution in [0.5, 0.6) is 0 Å². The molecule has 0 radical (unpaired) electrons.